The smallest absolute Gasteiger partial charge is 0.230 e. The van der Waals surface area contributed by atoms with Crippen molar-refractivity contribution in [3.05, 3.63) is 66.7 Å². The summed E-state index contributed by atoms with van der Waals surface area (Å²) in [5.41, 5.74) is 4.27. The number of rotatable bonds is 4. The molecule has 1 unspecified atom stereocenters. The summed E-state index contributed by atoms with van der Waals surface area (Å²) in [7, 11) is 0. The molecule has 0 aromatic heterocycles. The van der Waals surface area contributed by atoms with E-state index in [1.807, 2.05) is 37.3 Å². The summed E-state index contributed by atoms with van der Waals surface area (Å²) in [6.07, 6.45) is 1.64. The van der Waals surface area contributed by atoms with Gasteiger partial charge in [-0.15, -0.1) is 6.58 Å². The van der Waals surface area contributed by atoms with Crippen molar-refractivity contribution < 1.29 is 4.79 Å². The molecule has 2 nitrogen and oxygen atoms in total. The second-order valence-corrected chi connectivity index (χ2v) is 4.96. The lowest BCUT2D eigenvalue weighted by Crippen LogP contribution is -2.18. The summed E-state index contributed by atoms with van der Waals surface area (Å²) < 4.78 is 0. The molecule has 0 radical (unpaired) electrons. The number of hydrogen-bond donors (Lipinski definition) is 1. The predicted molar refractivity (Wildman–Crippen MR) is 84.6 cm³/mol. The van der Waals surface area contributed by atoms with Gasteiger partial charge < -0.3 is 5.32 Å². The van der Waals surface area contributed by atoms with Gasteiger partial charge in [0.15, 0.2) is 0 Å². The normalized spacial score (nSPS) is 11.7. The summed E-state index contributed by atoms with van der Waals surface area (Å²) in [6, 6.07) is 16.2. The fourth-order valence-corrected chi connectivity index (χ4v) is 1.96. The molecule has 0 spiro atoms. The number of hydrogen-bond acceptors (Lipinski definition) is 1. The number of carbonyl (C=O) groups is 1. The number of carbonyl (C=O) groups excluding carboxylic acids is 1. The molecular formula is C18H19NO. The van der Waals surface area contributed by atoms with Crippen LogP contribution in [0.25, 0.3) is 11.1 Å². The quantitative estimate of drug-likeness (QED) is 0.814. The van der Waals surface area contributed by atoms with Crippen LogP contribution in [0.4, 0.5) is 5.69 Å². The van der Waals surface area contributed by atoms with Crippen molar-refractivity contribution in [3.8, 4) is 11.1 Å². The lowest BCUT2D eigenvalue weighted by Gasteiger charge is -2.10. The number of anilines is 1. The first-order valence-electron chi connectivity index (χ1n) is 6.70. The van der Waals surface area contributed by atoms with Crippen molar-refractivity contribution in [2.45, 2.75) is 13.8 Å². The van der Waals surface area contributed by atoms with E-state index in [2.05, 4.69) is 37.0 Å². The Bertz CT molecular complexity index is 631. The van der Waals surface area contributed by atoms with Gasteiger partial charge in [0.2, 0.25) is 5.91 Å². The highest BCUT2D eigenvalue weighted by atomic mass is 16.1. The molecule has 0 saturated carbocycles. The zero-order valence-corrected chi connectivity index (χ0v) is 11.9. The summed E-state index contributed by atoms with van der Waals surface area (Å²) >= 11 is 0. The van der Waals surface area contributed by atoms with Gasteiger partial charge in [-0.3, -0.25) is 4.79 Å². The molecule has 0 aliphatic heterocycles. The Morgan fingerprint density at radius 3 is 2.45 bits per heavy atom. The molecule has 2 aromatic rings. The van der Waals surface area contributed by atoms with E-state index in [0.717, 1.165) is 16.8 Å². The van der Waals surface area contributed by atoms with E-state index >= 15 is 0 Å². The molecule has 1 N–H and O–H groups in total. The van der Waals surface area contributed by atoms with E-state index in [9.17, 15) is 4.79 Å². The minimum atomic E-state index is -0.197. The van der Waals surface area contributed by atoms with Crippen molar-refractivity contribution in [3.63, 3.8) is 0 Å². The average molecular weight is 265 g/mol. The van der Waals surface area contributed by atoms with Gasteiger partial charge in [0, 0.05) is 5.69 Å². The highest BCUT2D eigenvalue weighted by molar-refractivity contribution is 5.94. The highest BCUT2D eigenvalue weighted by Gasteiger charge is 2.09. The van der Waals surface area contributed by atoms with E-state index in [4.69, 9.17) is 0 Å². The van der Waals surface area contributed by atoms with Crippen LogP contribution < -0.4 is 5.32 Å². The molecule has 0 aliphatic rings. The van der Waals surface area contributed by atoms with Crippen LogP contribution in [0, 0.1) is 12.8 Å². The molecule has 2 aromatic carbocycles. The first kappa shape index (κ1) is 14.1. The molecule has 2 rings (SSSR count). The molecule has 0 fully saturated rings. The predicted octanol–water partition coefficient (Wildman–Crippen LogP) is 4.42. The lowest BCUT2D eigenvalue weighted by atomic mass is 10.0. The Kier molecular flexibility index (Phi) is 4.36. The van der Waals surface area contributed by atoms with E-state index in [-0.39, 0.29) is 11.8 Å². The highest BCUT2D eigenvalue weighted by Crippen LogP contribution is 2.23. The van der Waals surface area contributed by atoms with Crippen LogP contribution in [-0.2, 0) is 4.79 Å². The summed E-state index contributed by atoms with van der Waals surface area (Å²) in [5, 5.41) is 2.91. The summed E-state index contributed by atoms with van der Waals surface area (Å²) in [5.74, 6) is -0.237. The number of amides is 1. The van der Waals surface area contributed by atoms with Gasteiger partial charge in [0.05, 0.1) is 5.92 Å². The molecule has 0 saturated heterocycles. The van der Waals surface area contributed by atoms with Crippen molar-refractivity contribution in [1.29, 1.82) is 0 Å². The third-order valence-electron chi connectivity index (χ3n) is 3.25. The molecule has 102 valence electrons. The molecular weight excluding hydrogens is 246 g/mol. The van der Waals surface area contributed by atoms with Crippen molar-refractivity contribution in [1.82, 2.24) is 0 Å². The van der Waals surface area contributed by atoms with Gasteiger partial charge in [-0.05, 0) is 30.2 Å². The van der Waals surface area contributed by atoms with Crippen LogP contribution >= 0.6 is 0 Å². The number of nitrogens with one attached hydrogen (secondary N) is 1. The van der Waals surface area contributed by atoms with E-state index in [1.165, 1.54) is 5.56 Å². The molecule has 0 aliphatic carbocycles. The summed E-state index contributed by atoms with van der Waals surface area (Å²) in [6.45, 7) is 7.53. The van der Waals surface area contributed by atoms with Gasteiger partial charge >= 0.3 is 0 Å². The van der Waals surface area contributed by atoms with Crippen LogP contribution in [0.1, 0.15) is 12.5 Å². The van der Waals surface area contributed by atoms with Gasteiger partial charge in [-0.2, -0.15) is 0 Å². The maximum absolute atomic E-state index is 11.9. The molecule has 1 atom stereocenters. The Morgan fingerprint density at radius 1 is 1.15 bits per heavy atom. The van der Waals surface area contributed by atoms with Gasteiger partial charge in [-0.1, -0.05) is 55.0 Å². The fourth-order valence-electron chi connectivity index (χ4n) is 1.96. The van der Waals surface area contributed by atoms with Crippen LogP contribution in [0.3, 0.4) is 0 Å². The third-order valence-corrected chi connectivity index (χ3v) is 3.25. The Morgan fingerprint density at radius 2 is 1.80 bits per heavy atom. The van der Waals surface area contributed by atoms with Crippen molar-refractivity contribution >= 4 is 11.6 Å². The second kappa shape index (κ2) is 6.20. The van der Waals surface area contributed by atoms with Gasteiger partial charge in [0.25, 0.3) is 0 Å². The number of aryl methyl sites for hydroxylation is 1. The van der Waals surface area contributed by atoms with Crippen molar-refractivity contribution in [2.75, 3.05) is 5.32 Å². The van der Waals surface area contributed by atoms with Gasteiger partial charge in [0.1, 0.15) is 0 Å². The van der Waals surface area contributed by atoms with E-state index in [0.29, 0.717) is 0 Å². The lowest BCUT2D eigenvalue weighted by molar-refractivity contribution is -0.118. The molecule has 0 heterocycles. The summed E-state index contributed by atoms with van der Waals surface area (Å²) in [4.78, 5) is 11.9. The monoisotopic (exact) mass is 265 g/mol. The molecule has 20 heavy (non-hydrogen) atoms. The molecule has 2 heteroatoms. The maximum Gasteiger partial charge on any atom is 0.230 e. The minimum Gasteiger partial charge on any atom is -0.326 e. The van der Waals surface area contributed by atoms with E-state index in [1.54, 1.807) is 6.08 Å². The second-order valence-electron chi connectivity index (χ2n) is 4.96. The third kappa shape index (κ3) is 3.35. The number of benzene rings is 2. The Balaban J connectivity index is 2.24. The maximum atomic E-state index is 11.9. The minimum absolute atomic E-state index is 0.0404. The zero-order valence-electron chi connectivity index (χ0n) is 11.9. The standard InChI is InChI=1S/C18H19NO/c1-4-14(3)18(20)19-17-10-6-9-16(12-17)15-8-5-7-13(2)11-15/h4-12,14H,1H2,2-3H3,(H,19,20). The molecule has 1 amide bonds. The van der Waals surface area contributed by atoms with E-state index < -0.39 is 0 Å². The zero-order chi connectivity index (χ0) is 14.5. The Labute approximate surface area is 120 Å². The molecule has 0 bridgehead atoms. The van der Waals surface area contributed by atoms with Crippen molar-refractivity contribution in [2.24, 2.45) is 5.92 Å². The van der Waals surface area contributed by atoms with Crippen LogP contribution in [0.2, 0.25) is 0 Å². The fraction of sp³-hybridized carbons (Fsp3) is 0.167. The first-order valence-corrected chi connectivity index (χ1v) is 6.70. The van der Waals surface area contributed by atoms with Crippen LogP contribution in [-0.4, -0.2) is 5.91 Å². The van der Waals surface area contributed by atoms with Crippen LogP contribution in [0.15, 0.2) is 61.2 Å². The average Bonchev–Trinajstić information content (AvgIpc) is 2.46. The van der Waals surface area contributed by atoms with Crippen LogP contribution in [0.5, 0.6) is 0 Å². The van der Waals surface area contributed by atoms with Gasteiger partial charge in [-0.25, -0.2) is 0 Å². The topological polar surface area (TPSA) is 29.1 Å². The Hall–Kier alpha value is -2.35. The largest absolute Gasteiger partial charge is 0.326 e. The SMILES string of the molecule is C=CC(C)C(=O)Nc1cccc(-c2cccc(C)c2)c1. The first-order chi connectivity index (χ1) is 9.60.